The van der Waals surface area contributed by atoms with Gasteiger partial charge in [-0.1, -0.05) is 12.1 Å². The van der Waals surface area contributed by atoms with Gasteiger partial charge in [-0.05, 0) is 62.9 Å². The minimum absolute atomic E-state index is 0.185. The summed E-state index contributed by atoms with van der Waals surface area (Å²) in [6, 6.07) is 6.94. The second kappa shape index (κ2) is 6.39. The Bertz CT molecular complexity index is 570. The number of benzene rings is 1. The average Bonchev–Trinajstić information content (AvgIpc) is 2.96. The fraction of sp³-hybridized carbons (Fsp3) is 0.471. The van der Waals surface area contributed by atoms with E-state index < -0.39 is 0 Å². The van der Waals surface area contributed by atoms with Crippen LogP contribution in [0.25, 0.3) is 0 Å². The molecule has 0 bridgehead atoms. The summed E-state index contributed by atoms with van der Waals surface area (Å²) in [4.78, 5) is 4.33. The first kappa shape index (κ1) is 14.3. The second-order valence-electron chi connectivity index (χ2n) is 5.92. The van der Waals surface area contributed by atoms with Crippen molar-refractivity contribution < 1.29 is 4.39 Å². The van der Waals surface area contributed by atoms with Crippen molar-refractivity contribution in [2.45, 2.75) is 32.2 Å². The molecule has 1 atom stereocenters. The number of piperidine rings is 1. The SMILES string of the molecule is C[C@H](c1ccc(F)cc1)n1cncc1CC1CCNCC1. The number of imidazole rings is 1. The Morgan fingerprint density at radius 3 is 2.71 bits per heavy atom. The lowest BCUT2D eigenvalue weighted by Crippen LogP contribution is -2.29. The number of hydrogen-bond acceptors (Lipinski definition) is 2. The molecule has 0 spiro atoms. The number of halogens is 1. The van der Waals surface area contributed by atoms with Crippen molar-refractivity contribution in [1.82, 2.24) is 14.9 Å². The van der Waals surface area contributed by atoms with Crippen LogP contribution in [0.3, 0.4) is 0 Å². The zero-order valence-corrected chi connectivity index (χ0v) is 12.4. The fourth-order valence-electron chi connectivity index (χ4n) is 3.12. The van der Waals surface area contributed by atoms with Crippen LogP contribution in [0.5, 0.6) is 0 Å². The number of hydrogen-bond donors (Lipinski definition) is 1. The summed E-state index contributed by atoms with van der Waals surface area (Å²) in [5.74, 6) is 0.550. The van der Waals surface area contributed by atoms with E-state index in [1.54, 1.807) is 0 Å². The highest BCUT2D eigenvalue weighted by Crippen LogP contribution is 2.23. The Morgan fingerprint density at radius 2 is 2.00 bits per heavy atom. The van der Waals surface area contributed by atoms with Crippen molar-refractivity contribution in [3.8, 4) is 0 Å². The minimum atomic E-state index is -0.188. The van der Waals surface area contributed by atoms with Crippen LogP contribution in [0.15, 0.2) is 36.8 Å². The second-order valence-corrected chi connectivity index (χ2v) is 5.92. The van der Waals surface area contributed by atoms with Crippen molar-refractivity contribution in [2.24, 2.45) is 5.92 Å². The van der Waals surface area contributed by atoms with E-state index in [-0.39, 0.29) is 11.9 Å². The molecule has 1 fully saturated rings. The van der Waals surface area contributed by atoms with Gasteiger partial charge in [-0.25, -0.2) is 9.37 Å². The summed E-state index contributed by atoms with van der Waals surface area (Å²) in [5.41, 5.74) is 2.39. The van der Waals surface area contributed by atoms with Crippen LogP contribution in [-0.2, 0) is 6.42 Å². The van der Waals surface area contributed by atoms with E-state index >= 15 is 0 Å². The van der Waals surface area contributed by atoms with Crippen LogP contribution in [0.4, 0.5) is 4.39 Å². The summed E-state index contributed by atoms with van der Waals surface area (Å²) in [6.07, 6.45) is 7.41. The minimum Gasteiger partial charge on any atom is -0.327 e. The molecule has 21 heavy (non-hydrogen) atoms. The van der Waals surface area contributed by atoms with E-state index in [0.29, 0.717) is 0 Å². The average molecular weight is 287 g/mol. The first-order chi connectivity index (χ1) is 10.2. The van der Waals surface area contributed by atoms with Gasteiger partial charge in [0.2, 0.25) is 0 Å². The van der Waals surface area contributed by atoms with Crippen molar-refractivity contribution in [1.29, 1.82) is 0 Å². The van der Waals surface area contributed by atoms with Gasteiger partial charge in [0.25, 0.3) is 0 Å². The summed E-state index contributed by atoms with van der Waals surface area (Å²) < 4.78 is 15.3. The molecule has 1 saturated heterocycles. The zero-order chi connectivity index (χ0) is 14.7. The predicted octanol–water partition coefficient (Wildman–Crippen LogP) is 3.17. The molecule has 3 rings (SSSR count). The molecule has 3 nitrogen and oxygen atoms in total. The van der Waals surface area contributed by atoms with Gasteiger partial charge in [-0.15, -0.1) is 0 Å². The molecule has 1 aliphatic rings. The van der Waals surface area contributed by atoms with Crippen molar-refractivity contribution in [3.05, 3.63) is 53.9 Å². The molecule has 0 saturated carbocycles. The highest BCUT2D eigenvalue weighted by molar-refractivity contribution is 5.21. The number of nitrogens with zero attached hydrogens (tertiary/aromatic N) is 2. The molecular weight excluding hydrogens is 265 g/mol. The summed E-state index contributed by atoms with van der Waals surface area (Å²) in [7, 11) is 0. The van der Waals surface area contributed by atoms with E-state index in [1.807, 2.05) is 24.7 Å². The third-order valence-corrected chi connectivity index (χ3v) is 4.47. The molecule has 0 amide bonds. The Balaban J connectivity index is 1.76. The highest BCUT2D eigenvalue weighted by atomic mass is 19.1. The van der Waals surface area contributed by atoms with Crippen molar-refractivity contribution in [3.63, 3.8) is 0 Å². The van der Waals surface area contributed by atoms with Gasteiger partial charge in [0.15, 0.2) is 0 Å². The van der Waals surface area contributed by atoms with E-state index in [2.05, 4.69) is 21.8 Å². The predicted molar refractivity (Wildman–Crippen MR) is 81.7 cm³/mol. The van der Waals surface area contributed by atoms with Gasteiger partial charge < -0.3 is 9.88 Å². The number of aromatic nitrogens is 2. The maximum Gasteiger partial charge on any atom is 0.123 e. The van der Waals surface area contributed by atoms with E-state index in [1.165, 1.54) is 30.7 Å². The third kappa shape index (κ3) is 3.32. The van der Waals surface area contributed by atoms with E-state index in [4.69, 9.17) is 0 Å². The van der Waals surface area contributed by atoms with Gasteiger partial charge in [-0.3, -0.25) is 0 Å². The molecule has 1 N–H and O–H groups in total. The Morgan fingerprint density at radius 1 is 1.29 bits per heavy atom. The van der Waals surface area contributed by atoms with Crippen LogP contribution in [-0.4, -0.2) is 22.6 Å². The first-order valence-corrected chi connectivity index (χ1v) is 7.71. The maximum absolute atomic E-state index is 13.1. The van der Waals surface area contributed by atoms with Crippen LogP contribution in [0, 0.1) is 11.7 Å². The molecule has 1 aromatic heterocycles. The molecule has 2 heterocycles. The summed E-state index contributed by atoms with van der Waals surface area (Å²) in [6.45, 7) is 4.37. The normalized spacial score (nSPS) is 17.8. The van der Waals surface area contributed by atoms with Crippen LogP contribution >= 0.6 is 0 Å². The molecule has 0 radical (unpaired) electrons. The summed E-state index contributed by atoms with van der Waals surface area (Å²) in [5, 5.41) is 3.40. The van der Waals surface area contributed by atoms with E-state index in [9.17, 15) is 4.39 Å². The van der Waals surface area contributed by atoms with Crippen LogP contribution < -0.4 is 5.32 Å². The zero-order valence-electron chi connectivity index (χ0n) is 12.4. The number of nitrogens with one attached hydrogen (secondary N) is 1. The molecule has 4 heteroatoms. The van der Waals surface area contributed by atoms with Gasteiger partial charge in [-0.2, -0.15) is 0 Å². The molecule has 2 aromatic rings. The molecule has 0 unspecified atom stereocenters. The fourth-order valence-corrected chi connectivity index (χ4v) is 3.12. The van der Waals surface area contributed by atoms with Crippen LogP contribution in [0.2, 0.25) is 0 Å². The monoisotopic (exact) mass is 287 g/mol. The lowest BCUT2D eigenvalue weighted by atomic mass is 9.93. The third-order valence-electron chi connectivity index (χ3n) is 4.47. The maximum atomic E-state index is 13.1. The highest BCUT2D eigenvalue weighted by Gasteiger charge is 2.18. The smallest absolute Gasteiger partial charge is 0.123 e. The molecule has 1 aliphatic heterocycles. The Labute approximate surface area is 125 Å². The van der Waals surface area contributed by atoms with Gasteiger partial charge in [0.1, 0.15) is 5.82 Å². The Hall–Kier alpha value is -1.68. The molecule has 1 aromatic carbocycles. The topological polar surface area (TPSA) is 29.9 Å². The van der Waals surface area contributed by atoms with Gasteiger partial charge >= 0.3 is 0 Å². The lowest BCUT2D eigenvalue weighted by Gasteiger charge is -2.24. The molecule has 0 aliphatic carbocycles. The first-order valence-electron chi connectivity index (χ1n) is 7.71. The van der Waals surface area contributed by atoms with Gasteiger partial charge in [0.05, 0.1) is 12.4 Å². The molecule has 112 valence electrons. The standard InChI is InChI=1S/C17H22FN3/c1-13(15-2-4-16(18)5-3-15)21-12-20-11-17(21)10-14-6-8-19-9-7-14/h2-5,11-14,19H,6-10H2,1H3/t13-/m1/s1. The van der Waals surface area contributed by atoms with Crippen molar-refractivity contribution in [2.75, 3.05) is 13.1 Å². The largest absolute Gasteiger partial charge is 0.327 e. The summed E-state index contributed by atoms with van der Waals surface area (Å²) >= 11 is 0. The van der Waals surface area contributed by atoms with Crippen molar-refractivity contribution >= 4 is 0 Å². The Kier molecular flexibility index (Phi) is 4.34. The van der Waals surface area contributed by atoms with Gasteiger partial charge in [0, 0.05) is 11.9 Å². The molecular formula is C17H22FN3. The lowest BCUT2D eigenvalue weighted by molar-refractivity contribution is 0.364. The van der Waals surface area contributed by atoms with E-state index in [0.717, 1.165) is 31.0 Å². The number of rotatable bonds is 4. The quantitative estimate of drug-likeness (QED) is 0.936. The van der Waals surface area contributed by atoms with Crippen LogP contribution in [0.1, 0.15) is 37.1 Å².